The van der Waals surface area contributed by atoms with Crippen molar-refractivity contribution < 1.29 is 8.78 Å². The Labute approximate surface area is 111 Å². The van der Waals surface area contributed by atoms with Crippen molar-refractivity contribution >= 4 is 0 Å². The Hall–Kier alpha value is -1.68. The number of rotatable bonds is 5. The lowest BCUT2D eigenvalue weighted by atomic mass is 10.2. The zero-order chi connectivity index (χ0) is 13.2. The van der Waals surface area contributed by atoms with E-state index in [4.69, 9.17) is 0 Å². The van der Waals surface area contributed by atoms with Crippen molar-refractivity contribution in [3.8, 4) is 0 Å². The highest BCUT2D eigenvalue weighted by atomic mass is 19.2. The quantitative estimate of drug-likeness (QED) is 0.876. The van der Waals surface area contributed by atoms with Crippen LogP contribution in [0.4, 0.5) is 8.78 Å². The van der Waals surface area contributed by atoms with Gasteiger partial charge < -0.3 is 9.88 Å². The van der Waals surface area contributed by atoms with Crippen LogP contribution in [0.25, 0.3) is 0 Å². The number of nitrogens with one attached hydrogen (secondary N) is 1. The SMILES string of the molecule is Fc1cccc(Cn2ccc(CNC3CC3)c2)c1F. The first-order chi connectivity index (χ1) is 9.22. The molecule has 0 atom stereocenters. The van der Waals surface area contributed by atoms with Gasteiger partial charge in [-0.15, -0.1) is 0 Å². The van der Waals surface area contributed by atoms with Gasteiger partial charge in [0, 0.05) is 37.1 Å². The molecule has 4 heteroatoms. The maximum atomic E-state index is 13.6. The van der Waals surface area contributed by atoms with E-state index in [0.29, 0.717) is 18.2 Å². The van der Waals surface area contributed by atoms with Crippen molar-refractivity contribution in [1.29, 1.82) is 0 Å². The highest BCUT2D eigenvalue weighted by molar-refractivity contribution is 5.20. The van der Waals surface area contributed by atoms with Crippen LogP contribution in [0, 0.1) is 11.6 Å². The lowest BCUT2D eigenvalue weighted by Gasteiger charge is -2.05. The van der Waals surface area contributed by atoms with E-state index in [1.807, 2.05) is 23.0 Å². The molecule has 0 spiro atoms. The fourth-order valence-electron chi connectivity index (χ4n) is 2.11. The van der Waals surface area contributed by atoms with Gasteiger partial charge in [0.15, 0.2) is 11.6 Å². The highest BCUT2D eigenvalue weighted by Gasteiger charge is 2.20. The van der Waals surface area contributed by atoms with E-state index in [1.54, 1.807) is 6.07 Å². The molecule has 0 bridgehead atoms. The zero-order valence-corrected chi connectivity index (χ0v) is 10.6. The Morgan fingerprint density at radius 2 is 2.05 bits per heavy atom. The van der Waals surface area contributed by atoms with Crippen LogP contribution < -0.4 is 5.32 Å². The van der Waals surface area contributed by atoms with Crippen LogP contribution in [0.2, 0.25) is 0 Å². The van der Waals surface area contributed by atoms with E-state index in [0.717, 1.165) is 12.6 Å². The predicted molar refractivity (Wildman–Crippen MR) is 69.8 cm³/mol. The molecule has 100 valence electrons. The van der Waals surface area contributed by atoms with Crippen LogP contribution in [0.15, 0.2) is 36.7 Å². The van der Waals surface area contributed by atoms with Gasteiger partial charge in [-0.2, -0.15) is 0 Å². The van der Waals surface area contributed by atoms with Crippen molar-refractivity contribution in [2.24, 2.45) is 0 Å². The molecule has 3 rings (SSSR count). The third-order valence-corrected chi connectivity index (χ3v) is 3.37. The molecule has 1 aliphatic rings. The molecule has 2 nitrogen and oxygen atoms in total. The molecule has 1 aliphatic carbocycles. The average molecular weight is 262 g/mol. The molecule has 1 aromatic heterocycles. The Balaban J connectivity index is 1.67. The topological polar surface area (TPSA) is 17.0 Å². The largest absolute Gasteiger partial charge is 0.349 e. The van der Waals surface area contributed by atoms with Gasteiger partial charge in [0.05, 0.1) is 0 Å². The van der Waals surface area contributed by atoms with E-state index in [9.17, 15) is 8.78 Å². The first-order valence-electron chi connectivity index (χ1n) is 6.53. The van der Waals surface area contributed by atoms with Gasteiger partial charge in [-0.1, -0.05) is 12.1 Å². The fourth-order valence-corrected chi connectivity index (χ4v) is 2.11. The molecule has 1 aromatic carbocycles. The predicted octanol–water partition coefficient (Wildman–Crippen LogP) is 3.07. The molecular weight excluding hydrogens is 246 g/mol. The summed E-state index contributed by atoms with van der Waals surface area (Å²) in [6, 6.07) is 6.96. The third kappa shape index (κ3) is 3.01. The second-order valence-electron chi connectivity index (χ2n) is 5.06. The second kappa shape index (κ2) is 5.13. The summed E-state index contributed by atoms with van der Waals surface area (Å²) < 4.78 is 28.5. The fraction of sp³-hybridized carbons (Fsp3) is 0.333. The van der Waals surface area contributed by atoms with Crippen molar-refractivity contribution in [3.05, 3.63) is 59.4 Å². The minimum Gasteiger partial charge on any atom is -0.349 e. The zero-order valence-electron chi connectivity index (χ0n) is 10.6. The van der Waals surface area contributed by atoms with Gasteiger partial charge in [0.25, 0.3) is 0 Å². The van der Waals surface area contributed by atoms with Crippen LogP contribution in [-0.2, 0) is 13.1 Å². The number of hydrogen-bond acceptors (Lipinski definition) is 1. The van der Waals surface area contributed by atoms with Gasteiger partial charge in [0.2, 0.25) is 0 Å². The minimum absolute atomic E-state index is 0.354. The summed E-state index contributed by atoms with van der Waals surface area (Å²) in [5.41, 5.74) is 1.54. The molecule has 0 unspecified atom stereocenters. The van der Waals surface area contributed by atoms with Crippen LogP contribution >= 0.6 is 0 Å². The molecule has 1 saturated carbocycles. The first-order valence-corrected chi connectivity index (χ1v) is 6.53. The summed E-state index contributed by atoms with van der Waals surface area (Å²) in [5, 5.41) is 3.42. The van der Waals surface area contributed by atoms with Crippen LogP contribution in [0.3, 0.4) is 0 Å². The first kappa shape index (κ1) is 12.4. The minimum atomic E-state index is -0.791. The number of nitrogens with zero attached hydrogens (tertiary/aromatic N) is 1. The van der Waals surface area contributed by atoms with Crippen molar-refractivity contribution in [1.82, 2.24) is 9.88 Å². The Morgan fingerprint density at radius 3 is 2.84 bits per heavy atom. The van der Waals surface area contributed by atoms with Gasteiger partial charge in [0.1, 0.15) is 0 Å². The molecule has 1 heterocycles. The van der Waals surface area contributed by atoms with Gasteiger partial charge >= 0.3 is 0 Å². The summed E-state index contributed by atoms with van der Waals surface area (Å²) >= 11 is 0. The molecular formula is C15H16F2N2. The highest BCUT2D eigenvalue weighted by Crippen LogP contribution is 2.19. The smallest absolute Gasteiger partial charge is 0.163 e. The van der Waals surface area contributed by atoms with E-state index in [2.05, 4.69) is 5.32 Å². The number of halogens is 2. The number of aromatic nitrogens is 1. The van der Waals surface area contributed by atoms with E-state index >= 15 is 0 Å². The molecule has 0 amide bonds. The molecule has 19 heavy (non-hydrogen) atoms. The van der Waals surface area contributed by atoms with Gasteiger partial charge in [-0.05, 0) is 30.5 Å². The van der Waals surface area contributed by atoms with Gasteiger partial charge in [-0.25, -0.2) is 8.78 Å². The maximum absolute atomic E-state index is 13.6. The Kier molecular flexibility index (Phi) is 3.34. The molecule has 0 aliphatic heterocycles. The molecule has 0 saturated heterocycles. The monoisotopic (exact) mass is 262 g/mol. The summed E-state index contributed by atoms with van der Waals surface area (Å²) in [7, 11) is 0. The van der Waals surface area contributed by atoms with E-state index in [1.165, 1.54) is 24.5 Å². The second-order valence-corrected chi connectivity index (χ2v) is 5.06. The lowest BCUT2D eigenvalue weighted by Crippen LogP contribution is -2.14. The van der Waals surface area contributed by atoms with Crippen molar-refractivity contribution in [2.45, 2.75) is 32.0 Å². The van der Waals surface area contributed by atoms with E-state index < -0.39 is 11.6 Å². The molecule has 2 aromatic rings. The Bertz CT molecular complexity index is 573. The van der Waals surface area contributed by atoms with Crippen molar-refractivity contribution in [3.63, 3.8) is 0 Å². The molecule has 0 radical (unpaired) electrons. The molecule has 1 N–H and O–H groups in total. The summed E-state index contributed by atoms with van der Waals surface area (Å²) in [6.45, 7) is 1.19. The van der Waals surface area contributed by atoms with Crippen LogP contribution in [-0.4, -0.2) is 10.6 Å². The van der Waals surface area contributed by atoms with Crippen LogP contribution in [0.5, 0.6) is 0 Å². The van der Waals surface area contributed by atoms with E-state index in [-0.39, 0.29) is 0 Å². The number of benzene rings is 1. The molecule has 1 fully saturated rings. The third-order valence-electron chi connectivity index (χ3n) is 3.37. The van der Waals surface area contributed by atoms with Gasteiger partial charge in [-0.3, -0.25) is 0 Å². The lowest BCUT2D eigenvalue weighted by molar-refractivity contribution is 0.495. The summed E-state index contributed by atoms with van der Waals surface area (Å²) in [6.07, 6.45) is 6.39. The average Bonchev–Trinajstić information content (AvgIpc) is 3.13. The number of hydrogen-bond donors (Lipinski definition) is 1. The Morgan fingerprint density at radius 1 is 1.21 bits per heavy atom. The standard InChI is InChI=1S/C15H16F2N2/c16-14-3-1-2-12(15(14)17)10-19-7-6-11(9-19)8-18-13-4-5-13/h1-3,6-7,9,13,18H,4-5,8,10H2. The normalized spacial score (nSPS) is 14.8. The summed E-state index contributed by atoms with van der Waals surface area (Å²) in [5.74, 6) is -1.55. The van der Waals surface area contributed by atoms with Crippen LogP contribution in [0.1, 0.15) is 24.0 Å². The maximum Gasteiger partial charge on any atom is 0.163 e. The van der Waals surface area contributed by atoms with Crippen molar-refractivity contribution in [2.75, 3.05) is 0 Å². The summed E-state index contributed by atoms with van der Waals surface area (Å²) in [4.78, 5) is 0.